The number of phenols is 1. The molecule has 0 aliphatic rings. The molecule has 0 saturated carbocycles. The van der Waals surface area contributed by atoms with Crippen LogP contribution >= 0.6 is 0 Å². The number of carbonyl (C=O) groups is 1. The molecule has 94 valence electrons. The Morgan fingerprint density at radius 3 is 2.41 bits per heavy atom. The van der Waals surface area contributed by atoms with E-state index in [2.05, 4.69) is 4.74 Å². The Morgan fingerprint density at radius 1 is 1.29 bits per heavy atom. The van der Waals surface area contributed by atoms with E-state index in [1.807, 2.05) is 0 Å². The van der Waals surface area contributed by atoms with E-state index in [4.69, 9.17) is 4.74 Å². The van der Waals surface area contributed by atoms with E-state index in [1.165, 1.54) is 25.3 Å². The third-order valence-electron chi connectivity index (χ3n) is 2.30. The molecule has 0 radical (unpaired) electrons. The van der Waals surface area contributed by atoms with Crippen LogP contribution in [0.1, 0.15) is 11.7 Å². The highest BCUT2D eigenvalue weighted by molar-refractivity contribution is 5.75. The number of aliphatic hydroxyl groups is 2. The van der Waals surface area contributed by atoms with Crippen molar-refractivity contribution in [2.24, 2.45) is 0 Å². The first-order valence-corrected chi connectivity index (χ1v) is 4.82. The van der Waals surface area contributed by atoms with E-state index in [-0.39, 0.29) is 11.3 Å². The maximum absolute atomic E-state index is 11.0. The topological polar surface area (TPSA) is 96.2 Å². The fraction of sp³-hybridized carbons (Fsp3) is 0.364. The smallest absolute Gasteiger partial charge is 0.337 e. The van der Waals surface area contributed by atoms with E-state index in [9.17, 15) is 20.1 Å². The SMILES string of the molecule is COC(=O)C(O)C(O)c1ccc(OC)cc1O. The van der Waals surface area contributed by atoms with Gasteiger partial charge in [-0.15, -0.1) is 0 Å². The van der Waals surface area contributed by atoms with E-state index in [0.29, 0.717) is 5.75 Å². The fourth-order valence-corrected chi connectivity index (χ4v) is 1.32. The number of methoxy groups -OCH3 is 2. The number of hydrogen-bond acceptors (Lipinski definition) is 6. The summed E-state index contributed by atoms with van der Waals surface area (Å²) in [7, 11) is 2.51. The van der Waals surface area contributed by atoms with Crippen LogP contribution in [0.25, 0.3) is 0 Å². The van der Waals surface area contributed by atoms with Crippen molar-refractivity contribution in [2.45, 2.75) is 12.2 Å². The second-order valence-corrected chi connectivity index (χ2v) is 3.34. The van der Waals surface area contributed by atoms with Crippen molar-refractivity contribution in [1.82, 2.24) is 0 Å². The van der Waals surface area contributed by atoms with E-state index >= 15 is 0 Å². The van der Waals surface area contributed by atoms with E-state index in [0.717, 1.165) is 7.11 Å². The first-order chi connectivity index (χ1) is 8.01. The zero-order valence-corrected chi connectivity index (χ0v) is 9.45. The lowest BCUT2D eigenvalue weighted by Crippen LogP contribution is -2.29. The van der Waals surface area contributed by atoms with Gasteiger partial charge in [0.2, 0.25) is 0 Å². The number of ether oxygens (including phenoxy) is 2. The van der Waals surface area contributed by atoms with Crippen LogP contribution in [0.5, 0.6) is 11.5 Å². The molecule has 0 aliphatic carbocycles. The zero-order valence-electron chi connectivity index (χ0n) is 9.45. The molecular weight excluding hydrogens is 228 g/mol. The highest BCUT2D eigenvalue weighted by Crippen LogP contribution is 2.30. The molecule has 1 aromatic rings. The van der Waals surface area contributed by atoms with Gasteiger partial charge >= 0.3 is 5.97 Å². The molecule has 1 rings (SSSR count). The highest BCUT2D eigenvalue weighted by atomic mass is 16.5. The second kappa shape index (κ2) is 5.51. The summed E-state index contributed by atoms with van der Waals surface area (Å²) < 4.78 is 9.15. The van der Waals surface area contributed by atoms with Crippen LogP contribution in [0.3, 0.4) is 0 Å². The standard InChI is InChI=1S/C11H14O6/c1-16-6-3-4-7(8(12)5-6)9(13)10(14)11(15)17-2/h3-5,9-10,12-14H,1-2H3. The summed E-state index contributed by atoms with van der Waals surface area (Å²) in [5.74, 6) is -0.862. The summed E-state index contributed by atoms with van der Waals surface area (Å²) in [6, 6.07) is 4.11. The van der Waals surface area contributed by atoms with Crippen molar-refractivity contribution in [3.8, 4) is 11.5 Å². The number of rotatable bonds is 4. The molecule has 0 bridgehead atoms. The number of esters is 1. The van der Waals surface area contributed by atoms with E-state index in [1.54, 1.807) is 0 Å². The van der Waals surface area contributed by atoms with Gasteiger partial charge < -0.3 is 24.8 Å². The molecule has 6 heteroatoms. The van der Waals surface area contributed by atoms with Crippen molar-refractivity contribution in [2.75, 3.05) is 14.2 Å². The Bertz CT molecular complexity index is 403. The molecule has 3 N–H and O–H groups in total. The van der Waals surface area contributed by atoms with Gasteiger partial charge in [0.05, 0.1) is 14.2 Å². The maximum Gasteiger partial charge on any atom is 0.337 e. The minimum absolute atomic E-state index is 0.0173. The highest BCUT2D eigenvalue weighted by Gasteiger charge is 2.28. The van der Waals surface area contributed by atoms with Crippen molar-refractivity contribution in [3.63, 3.8) is 0 Å². The minimum Gasteiger partial charge on any atom is -0.507 e. The van der Waals surface area contributed by atoms with Gasteiger partial charge in [-0.2, -0.15) is 0 Å². The summed E-state index contributed by atoms with van der Waals surface area (Å²) in [6.07, 6.45) is -3.31. The molecule has 0 fully saturated rings. The Balaban J connectivity index is 2.96. The number of hydrogen-bond donors (Lipinski definition) is 3. The number of aliphatic hydroxyl groups excluding tert-OH is 2. The number of phenolic OH excluding ortho intramolecular Hbond substituents is 1. The minimum atomic E-state index is -1.75. The molecule has 6 nitrogen and oxygen atoms in total. The quantitative estimate of drug-likeness (QED) is 0.641. The lowest BCUT2D eigenvalue weighted by atomic mass is 10.0. The third-order valence-corrected chi connectivity index (χ3v) is 2.30. The summed E-state index contributed by atoms with van der Waals surface area (Å²) in [5.41, 5.74) is 0.0173. The van der Waals surface area contributed by atoms with Crippen LogP contribution in [0.15, 0.2) is 18.2 Å². The zero-order chi connectivity index (χ0) is 13.0. The molecule has 0 heterocycles. The van der Waals surface area contributed by atoms with Gasteiger partial charge in [0.25, 0.3) is 0 Å². The molecule has 2 unspecified atom stereocenters. The van der Waals surface area contributed by atoms with Gasteiger partial charge in [0.15, 0.2) is 6.10 Å². The predicted octanol–water partition coefficient (Wildman–Crippen LogP) is -0.0319. The van der Waals surface area contributed by atoms with Crippen molar-refractivity contribution in [1.29, 1.82) is 0 Å². The van der Waals surface area contributed by atoms with Gasteiger partial charge in [-0.25, -0.2) is 4.79 Å². The Labute approximate surface area is 98.0 Å². The van der Waals surface area contributed by atoms with Gasteiger partial charge in [-0.1, -0.05) is 0 Å². The van der Waals surface area contributed by atoms with Gasteiger partial charge in [-0.3, -0.25) is 0 Å². The van der Waals surface area contributed by atoms with Crippen LogP contribution in [0, 0.1) is 0 Å². The van der Waals surface area contributed by atoms with Crippen LogP contribution in [-0.4, -0.2) is 41.6 Å². The predicted molar refractivity (Wildman–Crippen MR) is 57.6 cm³/mol. The molecule has 2 atom stereocenters. The molecule has 0 amide bonds. The van der Waals surface area contributed by atoms with Crippen molar-refractivity contribution >= 4 is 5.97 Å². The summed E-state index contributed by atoms with van der Waals surface area (Å²) in [4.78, 5) is 11.0. The summed E-state index contributed by atoms with van der Waals surface area (Å²) in [6.45, 7) is 0. The first kappa shape index (κ1) is 13.3. The van der Waals surface area contributed by atoms with Crippen molar-refractivity contribution in [3.05, 3.63) is 23.8 Å². The molecule has 0 saturated heterocycles. The van der Waals surface area contributed by atoms with Gasteiger partial charge in [-0.05, 0) is 12.1 Å². The van der Waals surface area contributed by atoms with Gasteiger partial charge in [0, 0.05) is 11.6 Å². The average molecular weight is 242 g/mol. The average Bonchev–Trinajstić information content (AvgIpc) is 2.35. The molecular formula is C11H14O6. The Kier molecular flexibility index (Phi) is 4.30. The van der Waals surface area contributed by atoms with Crippen LogP contribution in [0.4, 0.5) is 0 Å². The monoisotopic (exact) mass is 242 g/mol. The number of carbonyl (C=O) groups excluding carboxylic acids is 1. The summed E-state index contributed by atoms with van der Waals surface area (Å²) in [5, 5.41) is 28.7. The molecule has 17 heavy (non-hydrogen) atoms. The lowest BCUT2D eigenvalue weighted by Gasteiger charge is -2.17. The normalized spacial score (nSPS) is 13.9. The van der Waals surface area contributed by atoms with E-state index < -0.39 is 18.2 Å². The third kappa shape index (κ3) is 2.86. The molecule has 0 spiro atoms. The Hall–Kier alpha value is -1.79. The van der Waals surface area contributed by atoms with Crippen LogP contribution in [-0.2, 0) is 9.53 Å². The lowest BCUT2D eigenvalue weighted by molar-refractivity contribution is -0.156. The Morgan fingerprint density at radius 2 is 1.94 bits per heavy atom. The molecule has 0 aromatic heterocycles. The summed E-state index contributed by atoms with van der Waals surface area (Å²) >= 11 is 0. The van der Waals surface area contributed by atoms with Crippen LogP contribution in [0.2, 0.25) is 0 Å². The largest absolute Gasteiger partial charge is 0.507 e. The maximum atomic E-state index is 11.0. The first-order valence-electron chi connectivity index (χ1n) is 4.82. The van der Waals surface area contributed by atoms with Gasteiger partial charge in [0.1, 0.15) is 17.6 Å². The fourth-order valence-electron chi connectivity index (χ4n) is 1.32. The van der Waals surface area contributed by atoms with Crippen LogP contribution < -0.4 is 4.74 Å². The number of benzene rings is 1. The molecule has 0 aliphatic heterocycles. The molecule has 1 aromatic carbocycles. The number of aromatic hydroxyl groups is 1. The van der Waals surface area contributed by atoms with Crippen molar-refractivity contribution < 1.29 is 29.6 Å². The second-order valence-electron chi connectivity index (χ2n) is 3.34.